The van der Waals surface area contributed by atoms with Gasteiger partial charge in [-0.25, -0.2) is 9.97 Å². The van der Waals surface area contributed by atoms with Gasteiger partial charge in [0.15, 0.2) is 23.0 Å². The fourth-order valence-corrected chi connectivity index (χ4v) is 3.26. The lowest BCUT2D eigenvalue weighted by Gasteiger charge is -2.35. The number of benzene rings is 1. The number of nitriles is 1. The monoisotopic (exact) mass is 381 g/mol. The van der Waals surface area contributed by atoms with Crippen LogP contribution in [0.3, 0.4) is 0 Å². The lowest BCUT2D eigenvalue weighted by atomic mass is 10.1. The van der Waals surface area contributed by atoms with Crippen LogP contribution in [-0.4, -0.2) is 54.3 Å². The van der Waals surface area contributed by atoms with Gasteiger partial charge < -0.3 is 14.4 Å². The number of anilines is 1. The van der Waals surface area contributed by atoms with Crippen molar-refractivity contribution in [2.75, 3.05) is 38.2 Å². The third-order valence-corrected chi connectivity index (χ3v) is 5.02. The van der Waals surface area contributed by atoms with Crippen LogP contribution in [0, 0.1) is 11.3 Å². The molecule has 148 valence electrons. The summed E-state index contributed by atoms with van der Waals surface area (Å²) >= 11 is 0. The quantitative estimate of drug-likeness (QED) is 0.730. The molecule has 0 saturated carbocycles. The summed E-state index contributed by atoms with van der Waals surface area (Å²) in [6.07, 6.45) is 4.26. The van der Waals surface area contributed by atoms with Crippen LogP contribution >= 0.6 is 0 Å². The molecule has 0 spiro atoms. The van der Waals surface area contributed by atoms with E-state index in [0.717, 1.165) is 56.2 Å². The van der Waals surface area contributed by atoms with Gasteiger partial charge in [0.05, 0.1) is 13.2 Å². The summed E-state index contributed by atoms with van der Waals surface area (Å²) in [4.78, 5) is 13.0. The minimum atomic E-state index is 0.132. The molecule has 1 aromatic heterocycles. The standard InChI is InChI=1S/C21H27N5O2/c1-4-16(2)28-20-17(6-5-7-19(20)27-3)15-25-10-12-26(13-11-25)21-18(14-22)23-8-9-24-21/h5-9,16H,4,10-13,15H2,1-3H3. The summed E-state index contributed by atoms with van der Waals surface area (Å²) in [5, 5.41) is 9.25. The van der Waals surface area contributed by atoms with E-state index in [-0.39, 0.29) is 6.10 Å². The third-order valence-electron chi connectivity index (χ3n) is 5.02. The summed E-state index contributed by atoms with van der Waals surface area (Å²) in [6.45, 7) is 8.34. The summed E-state index contributed by atoms with van der Waals surface area (Å²) in [6, 6.07) is 8.18. The molecule has 2 aromatic rings. The largest absolute Gasteiger partial charge is 0.493 e. The number of methoxy groups -OCH3 is 1. The summed E-state index contributed by atoms with van der Waals surface area (Å²) < 4.78 is 11.7. The molecule has 0 N–H and O–H groups in total. The van der Waals surface area contributed by atoms with Gasteiger partial charge in [0.1, 0.15) is 6.07 Å². The maximum atomic E-state index is 9.25. The Hall–Kier alpha value is -2.85. The highest BCUT2D eigenvalue weighted by atomic mass is 16.5. The molecule has 0 bridgehead atoms. The van der Waals surface area contributed by atoms with E-state index in [1.54, 1.807) is 19.5 Å². The molecule has 1 aliphatic rings. The summed E-state index contributed by atoms with van der Waals surface area (Å²) in [7, 11) is 1.68. The molecule has 0 amide bonds. The van der Waals surface area contributed by atoms with Gasteiger partial charge in [-0.05, 0) is 19.4 Å². The Kier molecular flexibility index (Phi) is 6.66. The number of nitrogens with zero attached hydrogens (tertiary/aromatic N) is 5. The van der Waals surface area contributed by atoms with Gasteiger partial charge in [-0.3, -0.25) is 4.90 Å². The van der Waals surface area contributed by atoms with Crippen molar-refractivity contribution in [3.63, 3.8) is 0 Å². The van der Waals surface area contributed by atoms with E-state index in [2.05, 4.69) is 45.8 Å². The third kappa shape index (κ3) is 4.52. The zero-order chi connectivity index (χ0) is 19.9. The first-order valence-electron chi connectivity index (χ1n) is 9.67. The molecule has 0 radical (unpaired) electrons. The number of hydrogen-bond donors (Lipinski definition) is 0. The predicted molar refractivity (Wildman–Crippen MR) is 108 cm³/mol. The van der Waals surface area contributed by atoms with Crippen LogP contribution in [0.15, 0.2) is 30.6 Å². The van der Waals surface area contributed by atoms with Gasteiger partial charge >= 0.3 is 0 Å². The molecule has 28 heavy (non-hydrogen) atoms. The van der Waals surface area contributed by atoms with Crippen molar-refractivity contribution in [2.24, 2.45) is 0 Å². The Morgan fingerprint density at radius 3 is 2.61 bits per heavy atom. The molecule has 1 aromatic carbocycles. The van der Waals surface area contributed by atoms with Gasteiger partial charge in [0.25, 0.3) is 0 Å². The van der Waals surface area contributed by atoms with Gasteiger partial charge in [0.2, 0.25) is 0 Å². The molecule has 1 aliphatic heterocycles. The second-order valence-corrected chi connectivity index (χ2v) is 6.89. The normalized spacial score (nSPS) is 15.7. The van der Waals surface area contributed by atoms with Crippen LogP contribution in [0.4, 0.5) is 5.82 Å². The van der Waals surface area contributed by atoms with Crippen molar-refractivity contribution in [1.29, 1.82) is 5.26 Å². The predicted octanol–water partition coefficient (Wildman–Crippen LogP) is 2.86. The van der Waals surface area contributed by atoms with Crippen molar-refractivity contribution in [2.45, 2.75) is 32.9 Å². The summed E-state index contributed by atoms with van der Waals surface area (Å²) in [5.74, 6) is 2.28. The lowest BCUT2D eigenvalue weighted by Crippen LogP contribution is -2.46. The zero-order valence-corrected chi connectivity index (χ0v) is 16.8. The number of hydrogen-bond acceptors (Lipinski definition) is 7. The second kappa shape index (κ2) is 9.38. The number of rotatable bonds is 7. The van der Waals surface area contributed by atoms with E-state index in [9.17, 15) is 5.26 Å². The maximum Gasteiger partial charge on any atom is 0.183 e. The number of para-hydroxylation sites is 1. The Morgan fingerprint density at radius 2 is 1.93 bits per heavy atom. The van der Waals surface area contributed by atoms with Crippen LogP contribution in [-0.2, 0) is 6.54 Å². The van der Waals surface area contributed by atoms with Gasteiger partial charge in [-0.2, -0.15) is 5.26 Å². The molecule has 2 heterocycles. The molecule has 7 nitrogen and oxygen atoms in total. The van der Waals surface area contributed by atoms with Crippen molar-refractivity contribution in [3.8, 4) is 17.6 Å². The van der Waals surface area contributed by atoms with E-state index >= 15 is 0 Å². The number of aromatic nitrogens is 2. The molecule has 1 atom stereocenters. The van der Waals surface area contributed by atoms with Crippen molar-refractivity contribution < 1.29 is 9.47 Å². The topological polar surface area (TPSA) is 74.5 Å². The van der Waals surface area contributed by atoms with Gasteiger partial charge in [-0.1, -0.05) is 19.1 Å². The van der Waals surface area contributed by atoms with Gasteiger partial charge in [-0.15, -0.1) is 0 Å². The van der Waals surface area contributed by atoms with Crippen molar-refractivity contribution >= 4 is 5.82 Å². The lowest BCUT2D eigenvalue weighted by molar-refractivity contribution is 0.196. The van der Waals surface area contributed by atoms with Crippen LogP contribution in [0.25, 0.3) is 0 Å². The number of ether oxygens (including phenoxy) is 2. The molecular weight excluding hydrogens is 354 g/mol. The van der Waals surface area contributed by atoms with E-state index in [0.29, 0.717) is 11.5 Å². The highest BCUT2D eigenvalue weighted by Crippen LogP contribution is 2.33. The molecule has 7 heteroatoms. The molecule has 1 fully saturated rings. The van der Waals surface area contributed by atoms with Crippen LogP contribution in [0.1, 0.15) is 31.5 Å². The van der Waals surface area contributed by atoms with Crippen molar-refractivity contribution in [1.82, 2.24) is 14.9 Å². The Labute approximate surface area is 166 Å². The highest BCUT2D eigenvalue weighted by molar-refractivity contribution is 5.50. The average Bonchev–Trinajstić information content (AvgIpc) is 2.75. The second-order valence-electron chi connectivity index (χ2n) is 6.89. The first kappa shape index (κ1) is 19.9. The van der Waals surface area contributed by atoms with Crippen LogP contribution in [0.2, 0.25) is 0 Å². The Bertz CT molecular complexity index is 828. The zero-order valence-electron chi connectivity index (χ0n) is 16.8. The molecular formula is C21H27N5O2. The number of piperazine rings is 1. The van der Waals surface area contributed by atoms with Crippen molar-refractivity contribution in [3.05, 3.63) is 41.9 Å². The first-order chi connectivity index (χ1) is 13.7. The van der Waals surface area contributed by atoms with E-state index in [1.807, 2.05) is 12.1 Å². The molecule has 0 aliphatic carbocycles. The Morgan fingerprint density at radius 1 is 1.18 bits per heavy atom. The fourth-order valence-electron chi connectivity index (χ4n) is 3.26. The minimum Gasteiger partial charge on any atom is -0.493 e. The van der Waals surface area contributed by atoms with Gasteiger partial charge in [0, 0.05) is 50.7 Å². The van der Waals surface area contributed by atoms with E-state index in [4.69, 9.17) is 9.47 Å². The highest BCUT2D eigenvalue weighted by Gasteiger charge is 2.22. The first-order valence-corrected chi connectivity index (χ1v) is 9.67. The molecule has 3 rings (SSSR count). The maximum absolute atomic E-state index is 9.25. The Balaban J connectivity index is 1.69. The minimum absolute atomic E-state index is 0.132. The van der Waals surface area contributed by atoms with E-state index in [1.165, 1.54) is 0 Å². The SMILES string of the molecule is CCC(C)Oc1c(CN2CCN(c3nccnc3C#N)CC2)cccc1OC. The van der Waals surface area contributed by atoms with E-state index < -0.39 is 0 Å². The smallest absolute Gasteiger partial charge is 0.183 e. The molecule has 1 unspecified atom stereocenters. The fraction of sp³-hybridized carbons (Fsp3) is 0.476. The van der Waals surface area contributed by atoms with Crippen LogP contribution in [0.5, 0.6) is 11.5 Å². The summed E-state index contributed by atoms with van der Waals surface area (Å²) in [5.41, 5.74) is 1.51. The van der Waals surface area contributed by atoms with Crippen LogP contribution < -0.4 is 14.4 Å². The molecule has 1 saturated heterocycles. The average molecular weight is 381 g/mol.